The van der Waals surface area contributed by atoms with E-state index < -0.39 is 79.6 Å². The van der Waals surface area contributed by atoms with Crippen LogP contribution in [0.5, 0.6) is 0 Å². The number of carbonyl (C=O) groups is 1. The number of fused-ring (bicyclic) bond motifs is 1. The second-order valence-electron chi connectivity index (χ2n) is 8.22. The molecule has 4 rings (SSSR count). The molecule has 0 aliphatic heterocycles. The first-order chi connectivity index (χ1) is 19.8. The number of urea groups is 1. The van der Waals surface area contributed by atoms with Gasteiger partial charge in [-0.3, -0.25) is 13.7 Å². The van der Waals surface area contributed by atoms with Gasteiger partial charge >= 0.3 is 12.1 Å². The molecule has 0 fully saturated rings. The Bertz CT molecular complexity index is 2160. The molecule has 0 saturated heterocycles. The van der Waals surface area contributed by atoms with Gasteiger partial charge in [-0.05, 0) is 47.9 Å². The fourth-order valence-electron chi connectivity index (χ4n) is 3.56. The number of anilines is 4. The highest BCUT2D eigenvalue weighted by Crippen LogP contribution is 2.37. The summed E-state index contributed by atoms with van der Waals surface area (Å²) in [6.45, 7) is 0. The number of nitrogens with two attached hydrogens (primary N) is 2. The lowest BCUT2D eigenvalue weighted by Gasteiger charge is -2.11. The fraction of sp³-hybridized carbons (Fsp3) is 0. The Morgan fingerprint density at radius 2 is 1.47 bits per heavy atom. The van der Waals surface area contributed by atoms with Crippen LogP contribution in [0, 0.1) is 6.08 Å². The van der Waals surface area contributed by atoms with Gasteiger partial charge in [-0.2, -0.15) is 44.6 Å². The van der Waals surface area contributed by atoms with Gasteiger partial charge < -0.3 is 22.1 Å². The number of azo groups is 1. The van der Waals surface area contributed by atoms with Crippen LogP contribution in [0.2, 0.25) is 0 Å². The van der Waals surface area contributed by atoms with Crippen LogP contribution in [0.4, 0.5) is 43.8 Å². The van der Waals surface area contributed by atoms with Crippen LogP contribution in [0.15, 0.2) is 67.4 Å². The molecular formula is C20H16FN9O10S3. The molecule has 226 valence electrons. The van der Waals surface area contributed by atoms with E-state index in [1.54, 1.807) is 0 Å². The summed E-state index contributed by atoms with van der Waals surface area (Å²) >= 11 is 0. The van der Waals surface area contributed by atoms with E-state index in [1.165, 1.54) is 18.2 Å². The molecule has 0 aliphatic carbocycles. The van der Waals surface area contributed by atoms with Gasteiger partial charge in [0.15, 0.2) is 0 Å². The third kappa shape index (κ3) is 7.29. The van der Waals surface area contributed by atoms with Crippen LogP contribution in [0.25, 0.3) is 10.8 Å². The van der Waals surface area contributed by atoms with Gasteiger partial charge in [0.25, 0.3) is 30.4 Å². The average Bonchev–Trinajstić information content (AvgIpc) is 2.84. The minimum atomic E-state index is -5.17. The van der Waals surface area contributed by atoms with E-state index in [9.17, 15) is 48.1 Å². The Hall–Kier alpha value is -4.94. The first-order valence-electron chi connectivity index (χ1n) is 10.9. The molecule has 4 aromatic rings. The smallest absolute Gasteiger partial charge is 0.316 e. The molecule has 0 aliphatic rings. The topological polar surface area (TPSA) is 320 Å². The van der Waals surface area contributed by atoms with E-state index in [0.29, 0.717) is 18.2 Å². The average molecular weight is 658 g/mol. The Labute approximate surface area is 240 Å². The summed E-state index contributed by atoms with van der Waals surface area (Å²) in [5.74, 6) is -0.752. The van der Waals surface area contributed by atoms with Crippen LogP contribution >= 0.6 is 0 Å². The van der Waals surface area contributed by atoms with Crippen molar-refractivity contribution >= 4 is 81.8 Å². The van der Waals surface area contributed by atoms with Crippen molar-refractivity contribution in [3.8, 4) is 0 Å². The molecule has 0 unspecified atom stereocenters. The maximum absolute atomic E-state index is 13.5. The Morgan fingerprint density at radius 3 is 2.05 bits per heavy atom. The molecule has 0 bridgehead atoms. The molecule has 1 heterocycles. The molecule has 0 spiro atoms. The van der Waals surface area contributed by atoms with Crippen molar-refractivity contribution in [2.75, 3.05) is 16.4 Å². The molecular weight excluding hydrogens is 641 g/mol. The van der Waals surface area contributed by atoms with E-state index in [-0.39, 0.29) is 23.0 Å². The molecule has 0 radical (unpaired) electrons. The minimum Gasteiger partial charge on any atom is -0.368 e. The van der Waals surface area contributed by atoms with Crippen molar-refractivity contribution in [1.29, 1.82) is 0 Å². The lowest BCUT2D eigenvalue weighted by molar-refractivity contribution is 0.259. The molecule has 43 heavy (non-hydrogen) atoms. The highest BCUT2D eigenvalue weighted by Gasteiger charge is 2.24. The Kier molecular flexibility index (Phi) is 7.96. The lowest BCUT2D eigenvalue weighted by Crippen LogP contribution is -2.19. The predicted octanol–water partition coefficient (Wildman–Crippen LogP) is 2.14. The van der Waals surface area contributed by atoms with Crippen molar-refractivity contribution in [3.63, 3.8) is 0 Å². The Morgan fingerprint density at radius 1 is 0.814 bits per heavy atom. The zero-order valence-electron chi connectivity index (χ0n) is 20.7. The summed E-state index contributed by atoms with van der Waals surface area (Å²) in [6.07, 6.45) is -1.19. The minimum absolute atomic E-state index is 0.129. The van der Waals surface area contributed by atoms with Gasteiger partial charge in [0.2, 0.25) is 11.9 Å². The molecule has 3 aromatic carbocycles. The van der Waals surface area contributed by atoms with E-state index >= 15 is 0 Å². The second kappa shape index (κ2) is 11.0. The largest absolute Gasteiger partial charge is 0.368 e. The molecule has 9 N–H and O–H groups in total. The van der Waals surface area contributed by atoms with E-state index in [2.05, 4.69) is 35.8 Å². The van der Waals surface area contributed by atoms with Gasteiger partial charge in [-0.1, -0.05) is 0 Å². The number of hydrogen-bond acceptors (Lipinski definition) is 14. The summed E-state index contributed by atoms with van der Waals surface area (Å²) in [5.41, 5.74) is 9.64. The highest BCUT2D eigenvalue weighted by molar-refractivity contribution is 7.87. The quantitative estimate of drug-likeness (QED) is 0.105. The number of rotatable bonds is 8. The number of halogens is 1. The summed E-state index contributed by atoms with van der Waals surface area (Å²) < 4.78 is 114. The molecule has 1 aromatic heterocycles. The van der Waals surface area contributed by atoms with Crippen LogP contribution < -0.4 is 22.1 Å². The third-order valence-electron chi connectivity index (χ3n) is 5.22. The molecule has 23 heteroatoms. The van der Waals surface area contributed by atoms with Gasteiger partial charge in [0.1, 0.15) is 21.2 Å². The van der Waals surface area contributed by atoms with Gasteiger partial charge in [-0.25, -0.2) is 4.79 Å². The van der Waals surface area contributed by atoms with Crippen molar-refractivity contribution in [2.45, 2.75) is 14.7 Å². The SMILES string of the molecule is NC(=O)Nc1cc(Nc2nc(N)nc(F)n2)ccc1/N=N/c1cc2c(S(=O)(=O)O)cc(S(=O)(=O)O)cc2cc1S(=O)(=O)O. The molecule has 0 saturated carbocycles. The number of carbonyl (C=O) groups excluding carboxylic acids is 1. The standard InChI is InChI=1S/C20H16FN9O10S3/c21-17-26-18(22)28-20(27-17)24-9-1-2-12(13(5-9)25-19(23)31)29-30-14-7-11-8(4-16(14)43(38,39)40)3-10(41(32,33)34)6-15(11)42(35,36)37/h1-7H,(H3,23,25,31)(H,32,33,34)(H,35,36,37)(H,38,39,40)(H3,22,24,26,27,28)/b30-29+. The number of primary amides is 1. The Balaban J connectivity index is 1.88. The predicted molar refractivity (Wildman–Crippen MR) is 145 cm³/mol. The van der Waals surface area contributed by atoms with Crippen molar-refractivity contribution in [3.05, 3.63) is 48.5 Å². The number of nitrogens with zero attached hydrogens (tertiary/aromatic N) is 5. The zero-order valence-corrected chi connectivity index (χ0v) is 23.2. The lowest BCUT2D eigenvalue weighted by atomic mass is 10.1. The molecule has 0 atom stereocenters. The van der Waals surface area contributed by atoms with Crippen LogP contribution in [-0.2, 0) is 30.4 Å². The monoisotopic (exact) mass is 657 g/mol. The van der Waals surface area contributed by atoms with Gasteiger partial charge in [0, 0.05) is 11.1 Å². The number of nitrogen functional groups attached to an aromatic ring is 1. The number of aromatic nitrogens is 3. The number of hydrogen-bond donors (Lipinski definition) is 7. The maximum atomic E-state index is 13.5. The molecule has 2 amide bonds. The normalized spacial score (nSPS) is 12.5. The van der Waals surface area contributed by atoms with Crippen LogP contribution in [-0.4, -0.2) is 59.9 Å². The zero-order chi connectivity index (χ0) is 31.9. The summed E-state index contributed by atoms with van der Waals surface area (Å²) in [5, 5.41) is 11.4. The van der Waals surface area contributed by atoms with Gasteiger partial charge in [-0.15, -0.1) is 10.2 Å². The van der Waals surface area contributed by atoms with Crippen molar-refractivity contribution < 1.29 is 48.1 Å². The number of benzene rings is 3. The fourth-order valence-corrected chi connectivity index (χ4v) is 5.55. The maximum Gasteiger partial charge on any atom is 0.316 e. The first-order valence-corrected chi connectivity index (χ1v) is 15.2. The number of nitrogens with one attached hydrogen (secondary N) is 2. The van der Waals surface area contributed by atoms with E-state index in [1.807, 2.05) is 0 Å². The molecule has 19 nitrogen and oxygen atoms in total. The third-order valence-corrected chi connectivity index (χ3v) is 7.83. The van der Waals surface area contributed by atoms with E-state index in [0.717, 1.165) is 6.07 Å². The summed E-state index contributed by atoms with van der Waals surface area (Å²) in [7, 11) is -15.4. The van der Waals surface area contributed by atoms with Crippen LogP contribution in [0.1, 0.15) is 0 Å². The summed E-state index contributed by atoms with van der Waals surface area (Å²) in [4.78, 5) is 18.8. The second-order valence-corrected chi connectivity index (χ2v) is 12.4. The first kappa shape index (κ1) is 31.0. The summed E-state index contributed by atoms with van der Waals surface area (Å²) in [6, 6.07) is 5.08. The van der Waals surface area contributed by atoms with Crippen molar-refractivity contribution in [2.24, 2.45) is 16.0 Å². The van der Waals surface area contributed by atoms with Crippen LogP contribution in [0.3, 0.4) is 0 Å². The number of amides is 2. The highest BCUT2D eigenvalue weighted by atomic mass is 32.2. The van der Waals surface area contributed by atoms with Gasteiger partial charge in [0.05, 0.1) is 10.6 Å². The van der Waals surface area contributed by atoms with Crippen molar-refractivity contribution in [1.82, 2.24) is 15.0 Å². The van der Waals surface area contributed by atoms with E-state index in [4.69, 9.17) is 11.5 Å².